The predicted octanol–water partition coefficient (Wildman–Crippen LogP) is 3.01. The van der Waals surface area contributed by atoms with E-state index in [0.717, 1.165) is 4.47 Å². The number of benzene rings is 2. The fourth-order valence-corrected chi connectivity index (χ4v) is 2.10. The summed E-state index contributed by atoms with van der Waals surface area (Å²) in [6.45, 7) is 1.62. The van der Waals surface area contributed by atoms with Gasteiger partial charge in [0.15, 0.2) is 0 Å². The summed E-state index contributed by atoms with van der Waals surface area (Å²) in [7, 11) is 0. The molecule has 0 aliphatic carbocycles. The zero-order chi connectivity index (χ0) is 15.4. The first kappa shape index (κ1) is 15.1. The Morgan fingerprint density at radius 3 is 2.67 bits per heavy atom. The summed E-state index contributed by atoms with van der Waals surface area (Å²) >= 11 is 3.29. The summed E-state index contributed by atoms with van der Waals surface area (Å²) in [5, 5.41) is 23.1. The van der Waals surface area contributed by atoms with Crippen molar-refractivity contribution in [2.45, 2.75) is 6.92 Å². The third kappa shape index (κ3) is 3.82. The molecule has 21 heavy (non-hydrogen) atoms. The van der Waals surface area contributed by atoms with Crippen molar-refractivity contribution in [1.29, 1.82) is 0 Å². The molecule has 2 aromatic rings. The Morgan fingerprint density at radius 1 is 1.19 bits per heavy atom. The Balaban J connectivity index is 2.17. The van der Waals surface area contributed by atoms with Gasteiger partial charge in [-0.05, 0) is 43.3 Å². The average molecular weight is 349 g/mol. The lowest BCUT2D eigenvalue weighted by Gasteiger charge is -2.06. The van der Waals surface area contributed by atoms with E-state index in [0.29, 0.717) is 16.8 Å². The number of aromatic hydroxyl groups is 2. The van der Waals surface area contributed by atoms with Crippen LogP contribution in [0, 0.1) is 0 Å². The topological polar surface area (TPSA) is 81.9 Å². The number of hydrogen-bond donors (Lipinski definition) is 3. The second kappa shape index (κ2) is 6.41. The van der Waals surface area contributed by atoms with Crippen LogP contribution in [-0.2, 0) is 0 Å². The number of nitrogens with one attached hydrogen (secondary N) is 1. The van der Waals surface area contributed by atoms with E-state index >= 15 is 0 Å². The van der Waals surface area contributed by atoms with Gasteiger partial charge >= 0.3 is 0 Å². The van der Waals surface area contributed by atoms with Crippen LogP contribution >= 0.6 is 15.9 Å². The van der Waals surface area contributed by atoms with Crippen LogP contribution in [0.2, 0.25) is 0 Å². The Labute approximate surface area is 130 Å². The number of hydrogen-bond acceptors (Lipinski definition) is 4. The second-order valence-corrected chi connectivity index (χ2v) is 5.27. The first-order chi connectivity index (χ1) is 9.97. The van der Waals surface area contributed by atoms with Crippen LogP contribution in [0.15, 0.2) is 52.0 Å². The number of halogens is 1. The number of nitrogens with zero attached hydrogens (tertiary/aromatic N) is 1. The molecule has 0 aromatic heterocycles. The average Bonchev–Trinajstić information content (AvgIpc) is 2.47. The molecule has 5 nitrogen and oxygen atoms in total. The lowest BCUT2D eigenvalue weighted by atomic mass is 10.1. The van der Waals surface area contributed by atoms with E-state index in [9.17, 15) is 15.0 Å². The molecule has 0 aliphatic rings. The molecule has 108 valence electrons. The van der Waals surface area contributed by atoms with Gasteiger partial charge in [-0.25, -0.2) is 5.43 Å². The molecule has 1 amide bonds. The fourth-order valence-electron chi connectivity index (χ4n) is 1.70. The molecule has 0 aliphatic heterocycles. The molecule has 3 N–H and O–H groups in total. The maximum Gasteiger partial charge on any atom is 0.271 e. The molecule has 0 heterocycles. The summed E-state index contributed by atoms with van der Waals surface area (Å²) in [5.74, 6) is -0.378. The van der Waals surface area contributed by atoms with Gasteiger partial charge in [0.2, 0.25) is 0 Å². The molecule has 2 aromatic carbocycles. The van der Waals surface area contributed by atoms with Crippen molar-refractivity contribution in [2.24, 2.45) is 5.10 Å². The standard InChI is InChI=1S/C15H13BrN2O3/c1-9(13-8-12(19)5-6-14(13)20)17-18-15(21)10-3-2-4-11(16)7-10/h2-8,19-20H,1H3,(H,18,21)/b17-9-. The quantitative estimate of drug-likeness (QED) is 0.453. The van der Waals surface area contributed by atoms with E-state index in [4.69, 9.17) is 0 Å². The van der Waals surface area contributed by atoms with Gasteiger partial charge in [0.25, 0.3) is 5.91 Å². The molecule has 0 saturated carbocycles. The molecule has 6 heteroatoms. The van der Waals surface area contributed by atoms with Crippen molar-refractivity contribution < 1.29 is 15.0 Å². The number of amides is 1. The Morgan fingerprint density at radius 2 is 1.95 bits per heavy atom. The van der Waals surface area contributed by atoms with Crippen molar-refractivity contribution in [3.63, 3.8) is 0 Å². The van der Waals surface area contributed by atoms with Crippen LogP contribution in [0.3, 0.4) is 0 Å². The van der Waals surface area contributed by atoms with Gasteiger partial charge < -0.3 is 10.2 Å². The minimum Gasteiger partial charge on any atom is -0.508 e. The molecule has 0 atom stereocenters. The van der Waals surface area contributed by atoms with E-state index in [2.05, 4.69) is 26.5 Å². The van der Waals surface area contributed by atoms with Crippen molar-refractivity contribution in [3.8, 4) is 11.5 Å². The highest BCUT2D eigenvalue weighted by Crippen LogP contribution is 2.22. The predicted molar refractivity (Wildman–Crippen MR) is 83.6 cm³/mol. The van der Waals surface area contributed by atoms with Crippen molar-refractivity contribution in [2.75, 3.05) is 0 Å². The zero-order valence-corrected chi connectivity index (χ0v) is 12.8. The number of carbonyl (C=O) groups is 1. The number of hydrazone groups is 1. The summed E-state index contributed by atoms with van der Waals surface area (Å²) in [5.41, 5.74) is 3.60. The van der Waals surface area contributed by atoms with Crippen LogP contribution in [-0.4, -0.2) is 21.8 Å². The van der Waals surface area contributed by atoms with E-state index in [-0.39, 0.29) is 17.4 Å². The molecular weight excluding hydrogens is 336 g/mol. The number of phenols is 2. The number of phenolic OH excluding ortho intramolecular Hbond substituents is 2. The SMILES string of the molecule is C/C(=N/NC(=O)c1cccc(Br)c1)c1cc(O)ccc1O. The summed E-state index contributed by atoms with van der Waals surface area (Å²) in [6, 6.07) is 11.0. The minimum atomic E-state index is -0.365. The lowest BCUT2D eigenvalue weighted by Crippen LogP contribution is -2.19. The van der Waals surface area contributed by atoms with Crippen molar-refractivity contribution in [3.05, 3.63) is 58.1 Å². The van der Waals surface area contributed by atoms with E-state index in [1.807, 2.05) is 6.07 Å². The highest BCUT2D eigenvalue weighted by atomic mass is 79.9. The molecule has 0 radical (unpaired) electrons. The Hall–Kier alpha value is -2.34. The van der Waals surface area contributed by atoms with Gasteiger partial charge in [-0.1, -0.05) is 22.0 Å². The van der Waals surface area contributed by atoms with E-state index < -0.39 is 0 Å². The number of rotatable bonds is 3. The van der Waals surface area contributed by atoms with Crippen LogP contribution < -0.4 is 5.43 Å². The van der Waals surface area contributed by atoms with Gasteiger partial charge in [-0.15, -0.1) is 0 Å². The smallest absolute Gasteiger partial charge is 0.271 e. The van der Waals surface area contributed by atoms with Crippen LogP contribution in [0.25, 0.3) is 0 Å². The van der Waals surface area contributed by atoms with Gasteiger partial charge in [-0.2, -0.15) is 5.10 Å². The monoisotopic (exact) mass is 348 g/mol. The van der Waals surface area contributed by atoms with E-state index in [1.54, 1.807) is 25.1 Å². The molecule has 2 rings (SSSR count). The van der Waals surface area contributed by atoms with Gasteiger partial charge in [0.05, 0.1) is 5.71 Å². The van der Waals surface area contributed by atoms with Crippen LogP contribution in [0.1, 0.15) is 22.8 Å². The molecular formula is C15H13BrN2O3. The lowest BCUT2D eigenvalue weighted by molar-refractivity contribution is 0.0954. The highest BCUT2D eigenvalue weighted by Gasteiger charge is 2.08. The summed E-state index contributed by atoms with van der Waals surface area (Å²) < 4.78 is 0.793. The van der Waals surface area contributed by atoms with Crippen LogP contribution in [0.5, 0.6) is 11.5 Å². The molecule has 0 spiro atoms. The van der Waals surface area contributed by atoms with Crippen molar-refractivity contribution >= 4 is 27.5 Å². The third-order valence-corrected chi connectivity index (χ3v) is 3.28. The van der Waals surface area contributed by atoms with Gasteiger partial charge in [0, 0.05) is 15.6 Å². The zero-order valence-electron chi connectivity index (χ0n) is 11.2. The molecule has 0 unspecified atom stereocenters. The Kier molecular flexibility index (Phi) is 4.59. The first-order valence-corrected chi connectivity index (χ1v) is 6.89. The van der Waals surface area contributed by atoms with Gasteiger partial charge in [0.1, 0.15) is 11.5 Å². The Bertz CT molecular complexity index is 714. The highest BCUT2D eigenvalue weighted by molar-refractivity contribution is 9.10. The maximum absolute atomic E-state index is 11.9. The maximum atomic E-state index is 11.9. The number of carbonyl (C=O) groups excluding carboxylic acids is 1. The van der Waals surface area contributed by atoms with Crippen LogP contribution in [0.4, 0.5) is 0 Å². The van der Waals surface area contributed by atoms with Crippen molar-refractivity contribution in [1.82, 2.24) is 5.43 Å². The third-order valence-electron chi connectivity index (χ3n) is 2.78. The molecule has 0 bridgehead atoms. The summed E-state index contributed by atoms with van der Waals surface area (Å²) in [4.78, 5) is 11.9. The van der Waals surface area contributed by atoms with Gasteiger partial charge in [-0.3, -0.25) is 4.79 Å². The largest absolute Gasteiger partial charge is 0.508 e. The first-order valence-electron chi connectivity index (χ1n) is 6.10. The molecule has 0 saturated heterocycles. The van der Waals surface area contributed by atoms with E-state index in [1.165, 1.54) is 18.2 Å². The fraction of sp³-hybridized carbons (Fsp3) is 0.0667. The second-order valence-electron chi connectivity index (χ2n) is 4.35. The minimum absolute atomic E-state index is 0.00988. The molecule has 0 fully saturated rings. The summed E-state index contributed by atoms with van der Waals surface area (Å²) in [6.07, 6.45) is 0. The normalized spacial score (nSPS) is 11.2.